The fourth-order valence-electron chi connectivity index (χ4n) is 1.87. The summed E-state index contributed by atoms with van der Waals surface area (Å²) in [5, 5.41) is 0. The van der Waals surface area contributed by atoms with Gasteiger partial charge in [0.15, 0.2) is 0 Å². The summed E-state index contributed by atoms with van der Waals surface area (Å²) in [6, 6.07) is 0. The average Bonchev–Trinajstić information content (AvgIpc) is 2.29. The van der Waals surface area contributed by atoms with Crippen molar-refractivity contribution in [1.82, 2.24) is 0 Å². The highest BCUT2D eigenvalue weighted by molar-refractivity contribution is 5.29. The first-order chi connectivity index (χ1) is 7.43. The Labute approximate surface area is 94.8 Å². The van der Waals surface area contributed by atoms with Gasteiger partial charge in [-0.3, -0.25) is 0 Å². The van der Waals surface area contributed by atoms with E-state index in [2.05, 4.69) is 25.2 Å². The molecule has 0 aliphatic heterocycles. The second kappa shape index (κ2) is 8.44. The minimum atomic E-state index is 1.24. The highest BCUT2D eigenvalue weighted by atomic mass is 14.0. The van der Waals surface area contributed by atoms with Crippen LogP contribution in [0.2, 0.25) is 0 Å². The van der Waals surface area contributed by atoms with E-state index in [4.69, 9.17) is 0 Å². The molecule has 0 bridgehead atoms. The van der Waals surface area contributed by atoms with Crippen molar-refractivity contribution in [1.29, 1.82) is 0 Å². The van der Waals surface area contributed by atoms with Crippen LogP contribution in [-0.2, 0) is 0 Å². The standard InChI is InChI=1S/C15H23/c1-2-3-4-5-6-7-9-12-15-13-10-8-11-14-15/h10-11,13-14H,2-7,9,12H2,1H3/q+1. The molecule has 15 heavy (non-hydrogen) atoms. The second-order valence-electron chi connectivity index (χ2n) is 4.28. The molecule has 82 valence electrons. The van der Waals surface area contributed by atoms with Gasteiger partial charge in [-0.05, 0) is 12.8 Å². The largest absolute Gasteiger partial charge is 0.103 e. The Morgan fingerprint density at radius 2 is 1.73 bits per heavy atom. The van der Waals surface area contributed by atoms with E-state index >= 15 is 0 Å². The zero-order valence-corrected chi connectivity index (χ0v) is 9.97. The fraction of sp³-hybridized carbons (Fsp3) is 0.600. The van der Waals surface area contributed by atoms with Gasteiger partial charge in [-0.25, -0.2) is 0 Å². The Kier molecular flexibility index (Phi) is 6.86. The van der Waals surface area contributed by atoms with Gasteiger partial charge in [0.05, 0.1) is 17.7 Å². The van der Waals surface area contributed by atoms with Crippen LogP contribution in [0.4, 0.5) is 0 Å². The van der Waals surface area contributed by atoms with Crippen LogP contribution < -0.4 is 0 Å². The Balaban J connectivity index is 1.91. The molecule has 0 unspecified atom stereocenters. The predicted octanol–water partition coefficient (Wildman–Crippen LogP) is 4.98. The van der Waals surface area contributed by atoms with Gasteiger partial charge in [-0.2, -0.15) is 0 Å². The van der Waals surface area contributed by atoms with Crippen molar-refractivity contribution in [2.75, 3.05) is 0 Å². The number of rotatable bonds is 8. The molecule has 0 fully saturated rings. The monoisotopic (exact) mass is 203 g/mol. The zero-order valence-electron chi connectivity index (χ0n) is 9.97. The maximum absolute atomic E-state index is 3.06. The predicted molar refractivity (Wildman–Crippen MR) is 67.6 cm³/mol. The van der Waals surface area contributed by atoms with Crippen molar-refractivity contribution < 1.29 is 0 Å². The van der Waals surface area contributed by atoms with Crippen LogP contribution in [0.5, 0.6) is 0 Å². The van der Waals surface area contributed by atoms with Gasteiger partial charge in [-0.1, -0.05) is 45.4 Å². The quantitative estimate of drug-likeness (QED) is 0.385. The van der Waals surface area contributed by atoms with E-state index in [1.807, 2.05) is 12.2 Å². The molecule has 0 aromatic rings. The maximum Gasteiger partial charge on any atom is 0.103 e. The van der Waals surface area contributed by atoms with Gasteiger partial charge < -0.3 is 0 Å². The van der Waals surface area contributed by atoms with Gasteiger partial charge in [0, 0.05) is 6.08 Å². The molecule has 1 aliphatic carbocycles. The lowest BCUT2D eigenvalue weighted by molar-refractivity contribution is 0.590. The van der Waals surface area contributed by atoms with Gasteiger partial charge in [0.2, 0.25) is 0 Å². The normalized spacial score (nSPS) is 13.8. The molecule has 0 heterocycles. The van der Waals surface area contributed by atoms with Gasteiger partial charge >= 0.3 is 0 Å². The fourth-order valence-corrected chi connectivity index (χ4v) is 1.87. The number of allylic oxidation sites excluding steroid dienone is 6. The minimum Gasteiger partial charge on any atom is -0.0654 e. The molecule has 0 N–H and O–H groups in total. The molecule has 0 saturated carbocycles. The van der Waals surface area contributed by atoms with Crippen LogP contribution in [0.15, 0.2) is 29.9 Å². The summed E-state index contributed by atoms with van der Waals surface area (Å²) in [6.45, 7) is 2.27. The Hall–Kier alpha value is -0.870. The molecule has 0 atom stereocenters. The molecule has 0 amide bonds. The molecule has 1 rings (SSSR count). The van der Waals surface area contributed by atoms with Gasteiger partial charge in [0.25, 0.3) is 0 Å². The third-order valence-electron chi connectivity index (χ3n) is 2.86. The van der Waals surface area contributed by atoms with Crippen LogP contribution in [0.1, 0.15) is 58.3 Å². The van der Waals surface area contributed by atoms with Gasteiger partial charge in [0.1, 0.15) is 12.2 Å². The van der Waals surface area contributed by atoms with E-state index < -0.39 is 0 Å². The number of unbranched alkanes of at least 4 members (excludes halogenated alkanes) is 6. The number of hydrogen-bond acceptors (Lipinski definition) is 0. The van der Waals surface area contributed by atoms with Crippen molar-refractivity contribution in [2.45, 2.75) is 58.3 Å². The summed E-state index contributed by atoms with van der Waals surface area (Å²) in [6.07, 6.45) is 22.4. The topological polar surface area (TPSA) is 0 Å². The molecular formula is C15H23+. The maximum atomic E-state index is 3.06. The third kappa shape index (κ3) is 6.25. The average molecular weight is 203 g/mol. The van der Waals surface area contributed by atoms with Crippen LogP contribution in [-0.4, -0.2) is 0 Å². The summed E-state index contributed by atoms with van der Waals surface area (Å²) < 4.78 is 0. The summed E-state index contributed by atoms with van der Waals surface area (Å²) in [5.41, 5.74) is 1.46. The van der Waals surface area contributed by atoms with Crippen LogP contribution >= 0.6 is 0 Å². The van der Waals surface area contributed by atoms with E-state index in [-0.39, 0.29) is 0 Å². The smallest absolute Gasteiger partial charge is 0.0654 e. The van der Waals surface area contributed by atoms with Crippen molar-refractivity contribution >= 4 is 0 Å². The first kappa shape index (κ1) is 12.2. The third-order valence-corrected chi connectivity index (χ3v) is 2.86. The van der Waals surface area contributed by atoms with E-state index in [1.54, 1.807) is 0 Å². The molecule has 0 aromatic heterocycles. The molecule has 0 radical (unpaired) electrons. The SMILES string of the molecule is CCCCCCCCCC1=CC=[C+]C=C1. The molecule has 0 saturated heterocycles. The Morgan fingerprint density at radius 1 is 1.00 bits per heavy atom. The van der Waals surface area contributed by atoms with E-state index in [1.165, 1.54) is 56.9 Å². The lowest BCUT2D eigenvalue weighted by Gasteiger charge is -2.00. The highest BCUT2D eigenvalue weighted by Gasteiger charge is 2.01. The summed E-state index contributed by atoms with van der Waals surface area (Å²) in [7, 11) is 0. The van der Waals surface area contributed by atoms with E-state index in [0.29, 0.717) is 0 Å². The van der Waals surface area contributed by atoms with Crippen molar-refractivity contribution in [3.05, 3.63) is 36.0 Å². The molecule has 0 aromatic carbocycles. The molecule has 0 spiro atoms. The summed E-state index contributed by atoms with van der Waals surface area (Å²) in [4.78, 5) is 0. The summed E-state index contributed by atoms with van der Waals surface area (Å²) >= 11 is 0. The molecule has 0 heteroatoms. The lowest BCUT2D eigenvalue weighted by Crippen LogP contribution is -1.84. The van der Waals surface area contributed by atoms with Crippen molar-refractivity contribution in [3.8, 4) is 0 Å². The first-order valence-corrected chi connectivity index (χ1v) is 6.38. The van der Waals surface area contributed by atoms with Crippen LogP contribution in [0, 0.1) is 6.08 Å². The van der Waals surface area contributed by atoms with E-state index in [9.17, 15) is 0 Å². The molecule has 0 nitrogen and oxygen atoms in total. The minimum absolute atomic E-state index is 1.24. The lowest BCUT2D eigenvalue weighted by atomic mass is 10.0. The van der Waals surface area contributed by atoms with Gasteiger partial charge in [-0.15, -0.1) is 0 Å². The van der Waals surface area contributed by atoms with Crippen molar-refractivity contribution in [3.63, 3.8) is 0 Å². The molecular weight excluding hydrogens is 180 g/mol. The highest BCUT2D eigenvalue weighted by Crippen LogP contribution is 2.14. The van der Waals surface area contributed by atoms with Crippen molar-refractivity contribution in [2.24, 2.45) is 0 Å². The Morgan fingerprint density at radius 3 is 2.40 bits per heavy atom. The van der Waals surface area contributed by atoms with Crippen LogP contribution in [0.25, 0.3) is 0 Å². The van der Waals surface area contributed by atoms with E-state index in [0.717, 1.165) is 0 Å². The zero-order chi connectivity index (χ0) is 10.8. The first-order valence-electron chi connectivity index (χ1n) is 6.38. The number of hydrogen-bond donors (Lipinski definition) is 0. The Bertz CT molecular complexity index is 230. The summed E-state index contributed by atoms with van der Waals surface area (Å²) in [5.74, 6) is 0. The molecule has 1 aliphatic rings. The van der Waals surface area contributed by atoms with Crippen LogP contribution in [0.3, 0.4) is 0 Å². The second-order valence-corrected chi connectivity index (χ2v) is 4.28.